The van der Waals surface area contributed by atoms with Gasteiger partial charge in [-0.1, -0.05) is 29.8 Å². The molecule has 1 aliphatic rings. The summed E-state index contributed by atoms with van der Waals surface area (Å²) in [5.74, 6) is -0.410. The Hall–Kier alpha value is -3.64. The van der Waals surface area contributed by atoms with Crippen molar-refractivity contribution in [3.63, 3.8) is 0 Å². The van der Waals surface area contributed by atoms with Crippen molar-refractivity contribution in [1.29, 1.82) is 0 Å². The number of benzene rings is 3. The van der Waals surface area contributed by atoms with E-state index in [1.807, 2.05) is 0 Å². The molecule has 3 aromatic rings. The minimum absolute atomic E-state index is 0.186. The summed E-state index contributed by atoms with van der Waals surface area (Å²) in [6.07, 6.45) is 1.78. The van der Waals surface area contributed by atoms with Crippen LogP contribution in [0.5, 0.6) is 5.75 Å². The molecule has 5 nitrogen and oxygen atoms in total. The molecule has 0 unspecified atom stereocenters. The Bertz CT molecular complexity index is 1140. The molecule has 2 N–H and O–H groups in total. The number of anilines is 2. The maximum atomic E-state index is 12.9. The van der Waals surface area contributed by atoms with Crippen molar-refractivity contribution in [2.75, 3.05) is 17.2 Å². The van der Waals surface area contributed by atoms with E-state index in [0.29, 0.717) is 27.7 Å². The number of rotatable bonds is 5. The Labute approximate surface area is 177 Å². The van der Waals surface area contributed by atoms with Crippen LogP contribution < -0.4 is 15.4 Å². The molecule has 0 radical (unpaired) electrons. The van der Waals surface area contributed by atoms with Crippen LogP contribution in [-0.4, -0.2) is 18.4 Å². The molecule has 0 aliphatic carbocycles. The number of nitrogens with one attached hydrogen (secondary N) is 2. The molecule has 2 amide bonds. The minimum Gasteiger partial charge on any atom is -0.484 e. The summed E-state index contributed by atoms with van der Waals surface area (Å²) in [6, 6.07) is 17.7. The summed E-state index contributed by atoms with van der Waals surface area (Å²) in [7, 11) is 0. The molecule has 4 rings (SSSR count). The Morgan fingerprint density at radius 3 is 2.53 bits per heavy atom. The molecule has 30 heavy (non-hydrogen) atoms. The molecule has 0 saturated heterocycles. The fraction of sp³-hybridized carbons (Fsp3) is 0.0435. The first-order valence-electron chi connectivity index (χ1n) is 9.09. The van der Waals surface area contributed by atoms with Crippen LogP contribution in [0.15, 0.2) is 66.7 Å². The standard InChI is InChI=1S/C23H16ClFN2O3/c24-15-3-10-19-20(23(29)27-21(19)12-15)11-14-1-8-18(9-2-14)30-13-22(28)26-17-6-4-16(25)5-7-17/h1-12H,13H2,(H,26,28)(H,27,29)/b20-11-. The van der Waals surface area contributed by atoms with Crippen molar-refractivity contribution >= 4 is 46.4 Å². The largest absolute Gasteiger partial charge is 0.484 e. The maximum Gasteiger partial charge on any atom is 0.262 e. The van der Waals surface area contributed by atoms with Crippen LogP contribution >= 0.6 is 11.6 Å². The highest BCUT2D eigenvalue weighted by molar-refractivity contribution is 6.36. The van der Waals surface area contributed by atoms with E-state index in [1.165, 1.54) is 24.3 Å². The zero-order chi connectivity index (χ0) is 21.1. The molecule has 1 aliphatic heterocycles. The third-order valence-electron chi connectivity index (χ3n) is 4.45. The number of fused-ring (bicyclic) bond motifs is 1. The fourth-order valence-electron chi connectivity index (χ4n) is 3.02. The number of hydrogen-bond donors (Lipinski definition) is 2. The first-order valence-corrected chi connectivity index (χ1v) is 9.47. The normalized spacial score (nSPS) is 13.7. The predicted molar refractivity (Wildman–Crippen MR) is 115 cm³/mol. The highest BCUT2D eigenvalue weighted by Gasteiger charge is 2.24. The topological polar surface area (TPSA) is 67.4 Å². The van der Waals surface area contributed by atoms with E-state index in [0.717, 1.165) is 11.1 Å². The van der Waals surface area contributed by atoms with Crippen LogP contribution in [0, 0.1) is 5.82 Å². The molecule has 7 heteroatoms. The van der Waals surface area contributed by atoms with Crippen molar-refractivity contribution in [2.24, 2.45) is 0 Å². The second-order valence-corrected chi connectivity index (χ2v) is 7.05. The highest BCUT2D eigenvalue weighted by Crippen LogP contribution is 2.35. The van der Waals surface area contributed by atoms with Gasteiger partial charge in [-0.05, 0) is 60.2 Å². The lowest BCUT2D eigenvalue weighted by molar-refractivity contribution is -0.118. The van der Waals surface area contributed by atoms with Crippen LogP contribution in [-0.2, 0) is 9.59 Å². The number of halogens is 2. The number of hydrogen-bond acceptors (Lipinski definition) is 3. The lowest BCUT2D eigenvalue weighted by atomic mass is 10.0. The van der Waals surface area contributed by atoms with E-state index < -0.39 is 0 Å². The van der Waals surface area contributed by atoms with Crippen LogP contribution in [0.2, 0.25) is 5.02 Å². The molecule has 0 bridgehead atoms. The van der Waals surface area contributed by atoms with Crippen molar-refractivity contribution < 1.29 is 18.7 Å². The van der Waals surface area contributed by atoms with Crippen LogP contribution in [0.4, 0.5) is 15.8 Å². The zero-order valence-corrected chi connectivity index (χ0v) is 16.4. The van der Waals surface area contributed by atoms with Gasteiger partial charge < -0.3 is 15.4 Å². The second-order valence-electron chi connectivity index (χ2n) is 6.61. The fourth-order valence-corrected chi connectivity index (χ4v) is 3.19. The summed E-state index contributed by atoms with van der Waals surface area (Å²) >= 11 is 5.97. The molecule has 0 fully saturated rings. The van der Waals surface area contributed by atoms with Crippen molar-refractivity contribution in [3.05, 3.63) is 88.7 Å². The summed E-state index contributed by atoms with van der Waals surface area (Å²) in [5.41, 5.74) is 3.33. The summed E-state index contributed by atoms with van der Waals surface area (Å²) in [4.78, 5) is 24.2. The molecule has 150 valence electrons. The molecule has 0 atom stereocenters. The monoisotopic (exact) mass is 422 g/mol. The quantitative estimate of drug-likeness (QED) is 0.569. The van der Waals surface area contributed by atoms with Gasteiger partial charge in [-0.2, -0.15) is 0 Å². The van der Waals surface area contributed by atoms with Crippen LogP contribution in [0.3, 0.4) is 0 Å². The number of amides is 2. The SMILES string of the molecule is O=C(COc1ccc(/C=C2\C(=O)Nc3cc(Cl)ccc32)cc1)Nc1ccc(F)cc1. The lowest BCUT2D eigenvalue weighted by Crippen LogP contribution is -2.20. The first-order chi connectivity index (χ1) is 14.5. The third kappa shape index (κ3) is 4.50. The van der Waals surface area contributed by atoms with Crippen molar-refractivity contribution in [2.45, 2.75) is 0 Å². The Morgan fingerprint density at radius 1 is 1.07 bits per heavy atom. The van der Waals surface area contributed by atoms with E-state index in [9.17, 15) is 14.0 Å². The van der Waals surface area contributed by atoms with Gasteiger partial charge in [0, 0.05) is 21.8 Å². The Morgan fingerprint density at radius 2 is 1.80 bits per heavy atom. The molecular weight excluding hydrogens is 407 g/mol. The van der Waals surface area contributed by atoms with Crippen molar-refractivity contribution in [3.8, 4) is 5.75 Å². The molecule has 3 aromatic carbocycles. The third-order valence-corrected chi connectivity index (χ3v) is 4.69. The molecule has 1 heterocycles. The Kier molecular flexibility index (Phi) is 5.50. The van der Waals surface area contributed by atoms with Gasteiger partial charge in [0.05, 0.1) is 5.69 Å². The summed E-state index contributed by atoms with van der Waals surface area (Å²) in [5, 5.41) is 5.97. The van der Waals surface area contributed by atoms with E-state index in [2.05, 4.69) is 10.6 Å². The second kappa shape index (κ2) is 8.39. The maximum absolute atomic E-state index is 12.9. The average Bonchev–Trinajstić information content (AvgIpc) is 3.03. The van der Waals surface area contributed by atoms with Gasteiger partial charge in [-0.15, -0.1) is 0 Å². The summed E-state index contributed by atoms with van der Waals surface area (Å²) in [6.45, 7) is -0.186. The van der Waals surface area contributed by atoms with Gasteiger partial charge >= 0.3 is 0 Å². The van der Waals surface area contributed by atoms with E-state index in [4.69, 9.17) is 16.3 Å². The summed E-state index contributed by atoms with van der Waals surface area (Å²) < 4.78 is 18.4. The smallest absolute Gasteiger partial charge is 0.262 e. The predicted octanol–water partition coefficient (Wildman–Crippen LogP) is 4.99. The molecular formula is C23H16ClFN2O3. The first kappa shape index (κ1) is 19.7. The van der Waals surface area contributed by atoms with Gasteiger partial charge in [-0.3, -0.25) is 9.59 Å². The van der Waals surface area contributed by atoms with Crippen molar-refractivity contribution in [1.82, 2.24) is 0 Å². The van der Waals surface area contributed by atoms with Crippen LogP contribution in [0.1, 0.15) is 11.1 Å². The van der Waals surface area contributed by atoms with Gasteiger partial charge in [0.1, 0.15) is 11.6 Å². The van der Waals surface area contributed by atoms with Gasteiger partial charge in [0.15, 0.2) is 6.61 Å². The van der Waals surface area contributed by atoms with E-state index in [-0.39, 0.29) is 24.2 Å². The van der Waals surface area contributed by atoms with Gasteiger partial charge in [-0.25, -0.2) is 4.39 Å². The Balaban J connectivity index is 1.39. The zero-order valence-electron chi connectivity index (χ0n) is 15.6. The molecule has 0 spiro atoms. The van der Waals surface area contributed by atoms with E-state index >= 15 is 0 Å². The van der Waals surface area contributed by atoms with Gasteiger partial charge in [0.25, 0.3) is 11.8 Å². The molecule has 0 aromatic heterocycles. The number of carbonyl (C=O) groups is 2. The minimum atomic E-state index is -0.373. The number of carbonyl (C=O) groups excluding carboxylic acids is 2. The van der Waals surface area contributed by atoms with Gasteiger partial charge in [0.2, 0.25) is 0 Å². The number of ether oxygens (including phenoxy) is 1. The van der Waals surface area contributed by atoms with E-state index in [1.54, 1.807) is 48.5 Å². The lowest BCUT2D eigenvalue weighted by Gasteiger charge is -2.08. The highest BCUT2D eigenvalue weighted by atomic mass is 35.5. The average molecular weight is 423 g/mol. The molecule has 0 saturated carbocycles. The van der Waals surface area contributed by atoms with Crippen LogP contribution in [0.25, 0.3) is 11.6 Å².